The molecule has 0 aromatic heterocycles. The first-order valence-corrected chi connectivity index (χ1v) is 10.5. The fraction of sp³-hybridized carbons (Fsp3) is 0.115. The lowest BCUT2D eigenvalue weighted by atomic mass is 10.0. The van der Waals surface area contributed by atoms with Gasteiger partial charge in [0.25, 0.3) is 0 Å². The first kappa shape index (κ1) is 23.2. The van der Waals surface area contributed by atoms with Gasteiger partial charge in [-0.3, -0.25) is 0 Å². The van der Waals surface area contributed by atoms with Crippen LogP contribution in [0.4, 0.5) is 17.6 Å². The summed E-state index contributed by atoms with van der Waals surface area (Å²) in [5.74, 6) is 2.16. The molecule has 0 aliphatic heterocycles. The molecule has 0 saturated heterocycles. The molecule has 0 N–H and O–H groups in total. The quantitative estimate of drug-likeness (QED) is 0.133. The fourth-order valence-corrected chi connectivity index (χ4v) is 3.46. The van der Waals surface area contributed by atoms with Gasteiger partial charge in [-0.2, -0.15) is 5.26 Å². The molecular weight excluding hydrogens is 434 g/mol. The van der Waals surface area contributed by atoms with Gasteiger partial charge >= 0.3 is 0 Å². The number of nitrogens with zero attached hydrogens (tertiary/aromatic N) is 1. The van der Waals surface area contributed by atoms with Gasteiger partial charge in [0.05, 0.1) is 10.5 Å². The second-order valence-corrected chi connectivity index (χ2v) is 7.63. The number of thiocyanates is 1. The number of benzene rings is 3. The van der Waals surface area contributed by atoms with E-state index in [4.69, 9.17) is 5.26 Å². The van der Waals surface area contributed by atoms with Crippen molar-refractivity contribution >= 4 is 11.8 Å². The Kier molecular flexibility index (Phi) is 7.76. The van der Waals surface area contributed by atoms with E-state index in [1.807, 2.05) is 19.1 Å². The van der Waals surface area contributed by atoms with Gasteiger partial charge in [0.15, 0.2) is 0 Å². The molecule has 0 bridgehead atoms. The maximum absolute atomic E-state index is 14.3. The van der Waals surface area contributed by atoms with Crippen LogP contribution in [0.25, 0.3) is 11.1 Å². The molecule has 0 heterocycles. The normalized spacial score (nSPS) is 10.6. The molecule has 3 aromatic rings. The molecule has 0 atom stereocenters. The molecule has 0 amide bonds. The molecular formula is C26H17F4NS. The zero-order valence-corrected chi connectivity index (χ0v) is 17.9. The predicted molar refractivity (Wildman–Crippen MR) is 119 cm³/mol. The molecule has 0 saturated carbocycles. The van der Waals surface area contributed by atoms with Gasteiger partial charge < -0.3 is 0 Å². The Morgan fingerprint density at radius 3 is 2.03 bits per heavy atom. The van der Waals surface area contributed by atoms with Crippen LogP contribution >= 0.6 is 11.8 Å². The van der Waals surface area contributed by atoms with Crippen LogP contribution in [-0.4, -0.2) is 0 Å². The fourth-order valence-electron chi connectivity index (χ4n) is 3.06. The number of rotatable bonds is 5. The minimum atomic E-state index is -0.824. The zero-order chi connectivity index (χ0) is 23.1. The Bertz CT molecular complexity index is 1220. The average Bonchev–Trinajstić information content (AvgIpc) is 2.76. The molecule has 1 nitrogen and oxygen atoms in total. The maximum Gasteiger partial charge on any atom is 0.142 e. The summed E-state index contributed by atoms with van der Waals surface area (Å²) in [6.07, 6.45) is 5.04. The zero-order valence-electron chi connectivity index (χ0n) is 17.1. The first-order valence-electron chi connectivity index (χ1n) is 9.69. The predicted octanol–water partition coefficient (Wildman–Crippen LogP) is 7.39. The van der Waals surface area contributed by atoms with Gasteiger partial charge in [-0.1, -0.05) is 36.1 Å². The molecule has 3 aromatic carbocycles. The molecule has 0 unspecified atom stereocenters. The highest BCUT2D eigenvalue weighted by Gasteiger charge is 2.13. The van der Waals surface area contributed by atoms with Crippen molar-refractivity contribution in [2.24, 2.45) is 0 Å². The van der Waals surface area contributed by atoms with E-state index >= 15 is 0 Å². The SMILES string of the molecule is C/C=C/CCc1cc(F)c(C#Cc2ccc(-c3cc(F)c(SC#N)c(F)c3)cc2)c(F)c1. The summed E-state index contributed by atoms with van der Waals surface area (Å²) in [5, 5.41) is 10.3. The van der Waals surface area contributed by atoms with Crippen LogP contribution in [0.15, 0.2) is 65.6 Å². The molecule has 32 heavy (non-hydrogen) atoms. The number of allylic oxidation sites excluding steroid dienone is 2. The summed E-state index contributed by atoms with van der Waals surface area (Å²) >= 11 is 0.420. The third-order valence-electron chi connectivity index (χ3n) is 4.63. The minimum absolute atomic E-state index is 0.299. The van der Waals surface area contributed by atoms with Crippen molar-refractivity contribution in [3.63, 3.8) is 0 Å². The van der Waals surface area contributed by atoms with Crippen molar-refractivity contribution in [2.75, 3.05) is 0 Å². The van der Waals surface area contributed by atoms with Crippen molar-refractivity contribution in [1.29, 1.82) is 5.26 Å². The molecule has 0 radical (unpaired) electrons. The Labute approximate surface area is 188 Å². The third-order valence-corrected chi connectivity index (χ3v) is 5.32. The number of hydrogen-bond acceptors (Lipinski definition) is 2. The van der Waals surface area contributed by atoms with Crippen LogP contribution in [0.1, 0.15) is 30.0 Å². The number of halogens is 4. The van der Waals surface area contributed by atoms with Gasteiger partial charge in [-0.05, 0) is 84.6 Å². The lowest BCUT2D eigenvalue weighted by Gasteiger charge is -2.06. The summed E-state index contributed by atoms with van der Waals surface area (Å²) in [6, 6.07) is 11.3. The van der Waals surface area contributed by atoms with E-state index in [9.17, 15) is 17.6 Å². The van der Waals surface area contributed by atoms with Gasteiger partial charge in [-0.15, -0.1) is 0 Å². The lowest BCUT2D eigenvalue weighted by molar-refractivity contribution is 0.542. The number of thioether (sulfide) groups is 1. The van der Waals surface area contributed by atoms with Crippen LogP contribution in [0, 0.1) is 45.8 Å². The molecule has 0 fully saturated rings. The van der Waals surface area contributed by atoms with Crippen LogP contribution < -0.4 is 0 Å². The van der Waals surface area contributed by atoms with Gasteiger partial charge in [0, 0.05) is 5.56 Å². The van der Waals surface area contributed by atoms with Crippen LogP contribution in [0.2, 0.25) is 0 Å². The van der Waals surface area contributed by atoms with Crippen molar-refractivity contribution in [1.82, 2.24) is 0 Å². The summed E-state index contributed by atoms with van der Waals surface area (Å²) in [7, 11) is 0. The largest absolute Gasteiger partial charge is 0.206 e. The van der Waals surface area contributed by atoms with Gasteiger partial charge in [0.1, 0.15) is 28.7 Å². The van der Waals surface area contributed by atoms with Crippen LogP contribution in [0.3, 0.4) is 0 Å². The number of nitriles is 1. The van der Waals surface area contributed by atoms with Gasteiger partial charge in [0.2, 0.25) is 0 Å². The maximum atomic E-state index is 14.3. The van der Waals surface area contributed by atoms with E-state index in [2.05, 4.69) is 11.8 Å². The van der Waals surface area contributed by atoms with Crippen LogP contribution in [-0.2, 0) is 6.42 Å². The smallest absolute Gasteiger partial charge is 0.142 e. The van der Waals surface area contributed by atoms with E-state index in [1.165, 1.54) is 12.1 Å². The first-order chi connectivity index (χ1) is 15.4. The molecule has 0 spiro atoms. The highest BCUT2D eigenvalue weighted by atomic mass is 32.2. The van der Waals surface area contributed by atoms with E-state index in [0.29, 0.717) is 46.9 Å². The second kappa shape index (κ2) is 10.7. The topological polar surface area (TPSA) is 23.8 Å². The highest BCUT2D eigenvalue weighted by Crippen LogP contribution is 2.30. The molecule has 0 aliphatic carbocycles. The van der Waals surface area contributed by atoms with Gasteiger partial charge in [-0.25, -0.2) is 17.6 Å². The van der Waals surface area contributed by atoms with Crippen LogP contribution in [0.5, 0.6) is 0 Å². The lowest BCUT2D eigenvalue weighted by Crippen LogP contribution is -1.95. The van der Waals surface area contributed by atoms with E-state index in [0.717, 1.165) is 12.1 Å². The summed E-state index contributed by atoms with van der Waals surface area (Å²) in [6.45, 7) is 1.88. The summed E-state index contributed by atoms with van der Waals surface area (Å²) < 4.78 is 56.7. The van der Waals surface area contributed by atoms with E-state index in [1.54, 1.807) is 29.7 Å². The highest BCUT2D eigenvalue weighted by molar-refractivity contribution is 8.03. The average molecular weight is 451 g/mol. The molecule has 6 heteroatoms. The van der Waals surface area contributed by atoms with Crippen molar-refractivity contribution in [3.05, 3.63) is 101 Å². The van der Waals surface area contributed by atoms with E-state index in [-0.39, 0.29) is 10.5 Å². The Balaban J connectivity index is 1.81. The third kappa shape index (κ3) is 5.60. The molecule has 3 rings (SSSR count). The molecule has 160 valence electrons. The number of hydrogen-bond donors (Lipinski definition) is 0. The van der Waals surface area contributed by atoms with Crippen molar-refractivity contribution < 1.29 is 17.6 Å². The minimum Gasteiger partial charge on any atom is -0.206 e. The standard InChI is InChI=1S/C26H17F4NS/c1-2-3-4-5-18-12-22(27)21(23(28)13-18)11-8-17-6-9-19(10-7-17)20-14-24(29)26(32-16-31)25(30)15-20/h2-3,6-7,9-10,12-15H,4-5H2,1H3/b3-2+. The Morgan fingerprint density at radius 2 is 1.47 bits per heavy atom. The Hall–Kier alpha value is -3.48. The number of aryl methyl sites for hydroxylation is 1. The summed E-state index contributed by atoms with van der Waals surface area (Å²) in [4.78, 5) is -0.351. The van der Waals surface area contributed by atoms with E-state index < -0.39 is 23.3 Å². The van der Waals surface area contributed by atoms with Crippen molar-refractivity contribution in [2.45, 2.75) is 24.7 Å². The Morgan fingerprint density at radius 1 is 0.844 bits per heavy atom. The molecule has 0 aliphatic rings. The van der Waals surface area contributed by atoms with Crippen molar-refractivity contribution in [3.8, 4) is 28.4 Å². The second-order valence-electron chi connectivity index (χ2n) is 6.83. The monoisotopic (exact) mass is 451 g/mol. The summed E-state index contributed by atoms with van der Waals surface area (Å²) in [5.41, 5.74) is 1.57.